The van der Waals surface area contributed by atoms with Crippen molar-refractivity contribution < 1.29 is 24.5 Å². The van der Waals surface area contributed by atoms with Crippen molar-refractivity contribution in [1.82, 2.24) is 0 Å². The maximum Gasteiger partial charge on any atom is 0.346 e. The molecule has 10 heteroatoms. The van der Waals surface area contributed by atoms with Gasteiger partial charge in [0, 0.05) is 29.9 Å². The maximum atomic E-state index is 13.0. The van der Waals surface area contributed by atoms with Gasteiger partial charge >= 0.3 is 17.3 Å². The summed E-state index contributed by atoms with van der Waals surface area (Å²) in [5.74, 6) is -1.79. The minimum atomic E-state index is -1.11. The van der Waals surface area contributed by atoms with Gasteiger partial charge in [-0.1, -0.05) is 25.1 Å². The number of hydrogen-bond acceptors (Lipinski definition) is 6. The van der Waals surface area contributed by atoms with Gasteiger partial charge in [-0.05, 0) is 24.1 Å². The number of amides is 1. The van der Waals surface area contributed by atoms with Gasteiger partial charge in [-0.25, -0.2) is 0 Å². The SMILES string of the molecule is CCc1ccccc1N(CCC(=O)O)C(=O)c1ccc([N+](=O)[O-])c([N+](=O)[O-])c1. The summed E-state index contributed by atoms with van der Waals surface area (Å²) in [4.78, 5) is 45.5. The van der Waals surface area contributed by atoms with Gasteiger partial charge in [0.05, 0.1) is 16.3 Å². The van der Waals surface area contributed by atoms with Gasteiger partial charge in [0.2, 0.25) is 0 Å². The first kappa shape index (κ1) is 20.5. The van der Waals surface area contributed by atoms with E-state index in [0.717, 1.165) is 23.8 Å². The van der Waals surface area contributed by atoms with Crippen LogP contribution in [0.25, 0.3) is 0 Å². The Morgan fingerprint density at radius 3 is 2.25 bits per heavy atom. The van der Waals surface area contributed by atoms with Gasteiger partial charge in [-0.3, -0.25) is 29.8 Å². The Morgan fingerprint density at radius 2 is 1.68 bits per heavy atom. The number of carboxylic acids is 1. The summed E-state index contributed by atoms with van der Waals surface area (Å²) < 4.78 is 0. The molecule has 0 aromatic heterocycles. The van der Waals surface area contributed by atoms with E-state index in [1.165, 1.54) is 4.90 Å². The third-order valence-corrected chi connectivity index (χ3v) is 4.07. The van der Waals surface area contributed by atoms with Crippen molar-refractivity contribution in [3.05, 3.63) is 73.8 Å². The molecular formula is C18H17N3O7. The summed E-state index contributed by atoms with van der Waals surface area (Å²) >= 11 is 0. The van der Waals surface area contributed by atoms with E-state index in [4.69, 9.17) is 5.11 Å². The lowest BCUT2D eigenvalue weighted by Gasteiger charge is -2.24. The molecular weight excluding hydrogens is 370 g/mol. The number of aliphatic carboxylic acids is 1. The highest BCUT2D eigenvalue weighted by molar-refractivity contribution is 6.07. The molecule has 0 saturated heterocycles. The van der Waals surface area contributed by atoms with Gasteiger partial charge in [0.25, 0.3) is 5.91 Å². The summed E-state index contributed by atoms with van der Waals surface area (Å²) in [7, 11) is 0. The highest BCUT2D eigenvalue weighted by Gasteiger charge is 2.28. The Labute approximate surface area is 159 Å². The summed E-state index contributed by atoms with van der Waals surface area (Å²) in [6.45, 7) is 1.71. The summed E-state index contributed by atoms with van der Waals surface area (Å²) in [5.41, 5.74) is -0.408. The Hall–Kier alpha value is -3.82. The largest absolute Gasteiger partial charge is 0.481 e. The predicted octanol–water partition coefficient (Wildman–Crippen LogP) is 3.19. The molecule has 2 rings (SSSR count). The van der Waals surface area contributed by atoms with Crippen molar-refractivity contribution >= 4 is 28.9 Å². The van der Waals surface area contributed by atoms with Gasteiger partial charge < -0.3 is 10.0 Å². The topological polar surface area (TPSA) is 144 Å². The molecule has 146 valence electrons. The quantitative estimate of drug-likeness (QED) is 0.541. The Balaban J connectivity index is 2.53. The van der Waals surface area contributed by atoms with Crippen LogP contribution in [0, 0.1) is 20.2 Å². The third-order valence-electron chi connectivity index (χ3n) is 4.07. The van der Waals surface area contributed by atoms with E-state index in [1.807, 2.05) is 6.92 Å². The number of carbonyl (C=O) groups excluding carboxylic acids is 1. The smallest absolute Gasteiger partial charge is 0.346 e. The van der Waals surface area contributed by atoms with Gasteiger partial charge in [0.15, 0.2) is 0 Å². The standard InChI is InChI=1S/C18H17N3O7/c1-2-12-5-3-4-6-14(12)19(10-9-17(22)23)18(24)13-7-8-15(20(25)26)16(11-13)21(27)28/h3-8,11H,2,9-10H2,1H3,(H,22,23). The van der Waals surface area contributed by atoms with E-state index >= 15 is 0 Å². The molecule has 0 atom stereocenters. The molecule has 0 spiro atoms. The predicted molar refractivity (Wildman–Crippen MR) is 99.5 cm³/mol. The number of nitrogens with zero attached hydrogens (tertiary/aromatic N) is 3. The Kier molecular flexibility index (Phi) is 6.38. The molecule has 0 fully saturated rings. The fourth-order valence-corrected chi connectivity index (χ4v) is 2.72. The molecule has 0 radical (unpaired) electrons. The minimum absolute atomic E-state index is 0.145. The first-order chi connectivity index (χ1) is 13.3. The van der Waals surface area contributed by atoms with Crippen LogP contribution < -0.4 is 4.90 Å². The van der Waals surface area contributed by atoms with E-state index in [2.05, 4.69) is 0 Å². The zero-order valence-electron chi connectivity index (χ0n) is 14.9. The van der Waals surface area contributed by atoms with Crippen molar-refractivity contribution in [2.24, 2.45) is 0 Å². The van der Waals surface area contributed by atoms with Crippen LogP contribution in [-0.4, -0.2) is 33.4 Å². The Morgan fingerprint density at radius 1 is 1.04 bits per heavy atom. The summed E-state index contributed by atoms with van der Waals surface area (Å²) in [6, 6.07) is 9.75. The van der Waals surface area contributed by atoms with E-state index in [1.54, 1.807) is 24.3 Å². The molecule has 0 unspecified atom stereocenters. The van der Waals surface area contributed by atoms with E-state index in [9.17, 15) is 29.8 Å². The summed E-state index contributed by atoms with van der Waals surface area (Å²) in [6.07, 6.45) is 0.242. The molecule has 2 aromatic rings. The first-order valence-electron chi connectivity index (χ1n) is 8.30. The average molecular weight is 387 g/mol. The van der Waals surface area contributed by atoms with E-state index in [-0.39, 0.29) is 18.5 Å². The second-order valence-electron chi connectivity index (χ2n) is 5.80. The lowest BCUT2D eigenvalue weighted by atomic mass is 10.1. The number of anilines is 1. The van der Waals surface area contributed by atoms with Crippen LogP contribution in [0.3, 0.4) is 0 Å². The molecule has 10 nitrogen and oxygen atoms in total. The van der Waals surface area contributed by atoms with Crippen LogP contribution in [0.1, 0.15) is 29.3 Å². The second-order valence-corrected chi connectivity index (χ2v) is 5.80. The molecule has 0 heterocycles. The number of benzene rings is 2. The molecule has 28 heavy (non-hydrogen) atoms. The number of carbonyl (C=O) groups is 2. The lowest BCUT2D eigenvalue weighted by Crippen LogP contribution is -2.33. The average Bonchev–Trinajstić information content (AvgIpc) is 2.67. The van der Waals surface area contributed by atoms with Crippen LogP contribution >= 0.6 is 0 Å². The van der Waals surface area contributed by atoms with Crippen molar-refractivity contribution in [3.8, 4) is 0 Å². The van der Waals surface area contributed by atoms with E-state index in [0.29, 0.717) is 12.1 Å². The van der Waals surface area contributed by atoms with Gasteiger partial charge in [-0.2, -0.15) is 0 Å². The number of hydrogen-bond donors (Lipinski definition) is 1. The van der Waals surface area contributed by atoms with Crippen LogP contribution in [0.5, 0.6) is 0 Å². The Bertz CT molecular complexity index is 943. The normalized spacial score (nSPS) is 10.3. The molecule has 1 amide bonds. The third kappa shape index (κ3) is 4.47. The van der Waals surface area contributed by atoms with Crippen molar-refractivity contribution in [2.45, 2.75) is 19.8 Å². The van der Waals surface area contributed by atoms with E-state index < -0.39 is 33.1 Å². The van der Waals surface area contributed by atoms with Gasteiger partial charge in [0.1, 0.15) is 0 Å². The van der Waals surface area contributed by atoms with Crippen LogP contribution in [-0.2, 0) is 11.2 Å². The fraction of sp³-hybridized carbons (Fsp3) is 0.222. The van der Waals surface area contributed by atoms with Crippen LogP contribution in [0.15, 0.2) is 42.5 Å². The first-order valence-corrected chi connectivity index (χ1v) is 8.30. The monoisotopic (exact) mass is 387 g/mol. The molecule has 1 N–H and O–H groups in total. The molecule has 0 aliphatic rings. The summed E-state index contributed by atoms with van der Waals surface area (Å²) in [5, 5.41) is 31.1. The van der Waals surface area contributed by atoms with Crippen molar-refractivity contribution in [1.29, 1.82) is 0 Å². The molecule has 0 aliphatic carbocycles. The number of rotatable bonds is 8. The zero-order chi connectivity index (χ0) is 20.8. The van der Waals surface area contributed by atoms with Crippen LogP contribution in [0.2, 0.25) is 0 Å². The molecule has 0 saturated carbocycles. The van der Waals surface area contributed by atoms with Crippen molar-refractivity contribution in [3.63, 3.8) is 0 Å². The highest BCUT2D eigenvalue weighted by atomic mass is 16.6. The number of aryl methyl sites for hydroxylation is 1. The molecule has 0 bridgehead atoms. The highest BCUT2D eigenvalue weighted by Crippen LogP contribution is 2.29. The van der Waals surface area contributed by atoms with Gasteiger partial charge in [-0.15, -0.1) is 0 Å². The zero-order valence-corrected chi connectivity index (χ0v) is 14.9. The molecule has 2 aromatic carbocycles. The molecule has 0 aliphatic heterocycles. The number of nitro benzene ring substituents is 2. The lowest BCUT2D eigenvalue weighted by molar-refractivity contribution is -0.422. The number of para-hydroxylation sites is 1. The van der Waals surface area contributed by atoms with Crippen molar-refractivity contribution in [2.75, 3.05) is 11.4 Å². The fourth-order valence-electron chi connectivity index (χ4n) is 2.72. The van der Waals surface area contributed by atoms with Crippen LogP contribution in [0.4, 0.5) is 17.1 Å². The number of nitro groups is 2. The number of carboxylic acid groups (broad SMARTS) is 1. The minimum Gasteiger partial charge on any atom is -0.481 e. The second kappa shape index (κ2) is 8.71. The maximum absolute atomic E-state index is 13.0.